The fourth-order valence-corrected chi connectivity index (χ4v) is 2.57. The third-order valence-corrected chi connectivity index (χ3v) is 4.19. The molecule has 0 saturated carbocycles. The van der Waals surface area contributed by atoms with Crippen molar-refractivity contribution < 1.29 is 14.6 Å². The summed E-state index contributed by atoms with van der Waals surface area (Å²) in [4.78, 5) is 14.9. The van der Waals surface area contributed by atoms with Gasteiger partial charge in [0.25, 0.3) is 0 Å². The van der Waals surface area contributed by atoms with Crippen molar-refractivity contribution in [3.8, 4) is 5.75 Å². The Morgan fingerprint density at radius 1 is 1.35 bits per heavy atom. The van der Waals surface area contributed by atoms with E-state index in [9.17, 15) is 4.79 Å². The van der Waals surface area contributed by atoms with Crippen LogP contribution in [0.15, 0.2) is 48.7 Å². The predicted octanol–water partition coefficient (Wildman–Crippen LogP) is 4.81. The molecule has 0 aliphatic heterocycles. The van der Waals surface area contributed by atoms with Crippen molar-refractivity contribution in [1.82, 2.24) is 9.55 Å². The van der Waals surface area contributed by atoms with Crippen LogP contribution in [-0.4, -0.2) is 27.7 Å². The Hall–Kier alpha value is -2.79. The second kappa shape index (κ2) is 9.06. The number of hydrogen-bond acceptors (Lipinski definition) is 3. The van der Waals surface area contributed by atoms with Crippen LogP contribution in [0.2, 0.25) is 5.02 Å². The molecule has 0 bridgehead atoms. The highest BCUT2D eigenvalue weighted by Crippen LogP contribution is 2.23. The van der Waals surface area contributed by atoms with E-state index in [0.717, 1.165) is 39.9 Å². The van der Waals surface area contributed by atoms with Gasteiger partial charge in [0.15, 0.2) is 0 Å². The molecule has 0 spiro atoms. The first-order chi connectivity index (χ1) is 12.5. The second-order valence-corrected chi connectivity index (χ2v) is 5.93. The maximum absolute atomic E-state index is 10.6. The minimum absolute atomic E-state index is 0.685. The summed E-state index contributed by atoms with van der Waals surface area (Å²) in [5.74, 6) is -0.280. The number of carboxylic acid groups (broad SMARTS) is 1. The maximum atomic E-state index is 10.6. The number of carbonyl (C=O) groups is 1. The smallest absolute Gasteiger partial charge is 0.328 e. The number of aliphatic carboxylic acids is 1. The van der Waals surface area contributed by atoms with Crippen LogP contribution in [0.25, 0.3) is 17.1 Å². The highest BCUT2D eigenvalue weighted by atomic mass is 35.5. The number of carboxylic acids is 1. The minimum atomic E-state index is -0.964. The quantitative estimate of drug-likeness (QED) is 0.667. The average Bonchev–Trinajstić information content (AvgIpc) is 2.99. The van der Waals surface area contributed by atoms with E-state index in [1.165, 1.54) is 0 Å². The Bertz CT molecular complexity index is 911. The van der Waals surface area contributed by atoms with Crippen molar-refractivity contribution >= 4 is 34.7 Å². The van der Waals surface area contributed by atoms with Crippen molar-refractivity contribution in [3.63, 3.8) is 0 Å². The molecule has 0 atom stereocenters. The molecule has 5 nitrogen and oxygen atoms in total. The molecule has 0 fully saturated rings. The third-order valence-electron chi connectivity index (χ3n) is 3.77. The van der Waals surface area contributed by atoms with E-state index in [0.29, 0.717) is 5.75 Å². The monoisotopic (exact) mass is 372 g/mol. The van der Waals surface area contributed by atoms with Gasteiger partial charge >= 0.3 is 5.97 Å². The number of halogens is 1. The van der Waals surface area contributed by atoms with Gasteiger partial charge in [-0.05, 0) is 43.7 Å². The molecule has 3 rings (SSSR count). The Morgan fingerprint density at radius 3 is 2.62 bits per heavy atom. The van der Waals surface area contributed by atoms with Crippen LogP contribution in [0.3, 0.4) is 0 Å². The molecular weight excluding hydrogens is 352 g/mol. The van der Waals surface area contributed by atoms with Crippen LogP contribution in [0.1, 0.15) is 18.2 Å². The van der Waals surface area contributed by atoms with Gasteiger partial charge < -0.3 is 14.4 Å². The molecule has 1 aromatic carbocycles. The fourth-order valence-electron chi connectivity index (χ4n) is 2.44. The molecule has 0 aliphatic carbocycles. The molecule has 0 radical (unpaired) electrons. The van der Waals surface area contributed by atoms with Crippen molar-refractivity contribution in [2.24, 2.45) is 0 Å². The average molecular weight is 373 g/mol. The summed E-state index contributed by atoms with van der Waals surface area (Å²) in [6.45, 7) is 4.70. The van der Waals surface area contributed by atoms with Crippen LogP contribution >= 0.6 is 11.6 Å². The molecule has 0 saturated heterocycles. The van der Waals surface area contributed by atoms with Crippen molar-refractivity contribution in [3.05, 3.63) is 65.0 Å². The van der Waals surface area contributed by atoms with Crippen molar-refractivity contribution in [1.29, 1.82) is 0 Å². The number of nitrogens with zero attached hydrogens (tertiary/aromatic N) is 2. The van der Waals surface area contributed by atoms with Crippen LogP contribution in [0.5, 0.6) is 5.75 Å². The normalized spacial score (nSPS) is 10.6. The topological polar surface area (TPSA) is 64.4 Å². The molecule has 0 aliphatic rings. The number of fused-ring (bicyclic) bond motifs is 1. The van der Waals surface area contributed by atoms with Gasteiger partial charge in [-0.25, -0.2) is 9.78 Å². The van der Waals surface area contributed by atoms with E-state index >= 15 is 0 Å². The standard InChI is InChI=1S/C13H14N2O3.C7H7Cl/c1-3-15-10(4-5-12(16)17)6-9-7-11(18-2)8-14-13(9)15;1-6-4-2-3-5-7(6)8/h4-8H,3H2,1-2H3,(H,16,17);2-5H,1H3/b5-4+;. The Balaban J connectivity index is 0.000000254. The zero-order valence-corrected chi connectivity index (χ0v) is 15.7. The first kappa shape index (κ1) is 19.5. The third kappa shape index (κ3) is 4.86. The molecule has 2 heterocycles. The lowest BCUT2D eigenvalue weighted by Gasteiger charge is -2.03. The van der Waals surface area contributed by atoms with Crippen LogP contribution < -0.4 is 4.74 Å². The zero-order valence-electron chi connectivity index (χ0n) is 14.9. The first-order valence-electron chi connectivity index (χ1n) is 8.11. The van der Waals surface area contributed by atoms with Gasteiger partial charge in [0.1, 0.15) is 11.4 Å². The predicted molar refractivity (Wildman–Crippen MR) is 105 cm³/mol. The summed E-state index contributed by atoms with van der Waals surface area (Å²) in [7, 11) is 1.59. The number of ether oxygens (including phenoxy) is 1. The molecule has 1 N–H and O–H groups in total. The number of pyridine rings is 1. The number of rotatable bonds is 4. The summed E-state index contributed by atoms with van der Waals surface area (Å²) in [6, 6.07) is 11.6. The zero-order chi connectivity index (χ0) is 19.1. The van der Waals surface area contributed by atoms with Gasteiger partial charge in [-0.3, -0.25) is 0 Å². The van der Waals surface area contributed by atoms with Crippen LogP contribution in [0.4, 0.5) is 0 Å². The van der Waals surface area contributed by atoms with Crippen molar-refractivity contribution in [2.45, 2.75) is 20.4 Å². The molecule has 136 valence electrons. The summed E-state index contributed by atoms with van der Waals surface area (Å²) in [6.07, 6.45) is 4.34. The molecule has 3 aromatic rings. The molecule has 26 heavy (non-hydrogen) atoms. The number of benzene rings is 1. The summed E-state index contributed by atoms with van der Waals surface area (Å²) in [5.41, 5.74) is 2.77. The molecule has 0 amide bonds. The van der Waals surface area contributed by atoms with Gasteiger partial charge in [-0.1, -0.05) is 29.8 Å². The van der Waals surface area contributed by atoms with Gasteiger partial charge in [0, 0.05) is 28.7 Å². The lowest BCUT2D eigenvalue weighted by atomic mass is 10.2. The fraction of sp³-hybridized carbons (Fsp3) is 0.200. The number of hydrogen-bond donors (Lipinski definition) is 1. The highest BCUT2D eigenvalue weighted by Gasteiger charge is 2.08. The van der Waals surface area contributed by atoms with E-state index in [-0.39, 0.29) is 0 Å². The SMILES string of the molecule is CCn1c(/C=C/C(=O)O)cc2cc(OC)cnc21.Cc1ccccc1Cl. The number of methoxy groups -OCH3 is 1. The summed E-state index contributed by atoms with van der Waals surface area (Å²) < 4.78 is 7.07. The van der Waals surface area contributed by atoms with Gasteiger partial charge in [0.05, 0.1) is 13.3 Å². The second-order valence-electron chi connectivity index (χ2n) is 5.52. The molecule has 0 unspecified atom stereocenters. The molecular formula is C20H21ClN2O3. The van der Waals surface area contributed by atoms with Gasteiger partial charge in [-0.2, -0.15) is 0 Å². The molecule has 6 heteroatoms. The highest BCUT2D eigenvalue weighted by molar-refractivity contribution is 6.31. The number of aryl methyl sites for hydroxylation is 2. The van der Waals surface area contributed by atoms with Gasteiger partial charge in [-0.15, -0.1) is 0 Å². The summed E-state index contributed by atoms with van der Waals surface area (Å²) >= 11 is 5.71. The van der Waals surface area contributed by atoms with Crippen LogP contribution in [0, 0.1) is 6.92 Å². The van der Waals surface area contributed by atoms with Crippen molar-refractivity contribution in [2.75, 3.05) is 7.11 Å². The Labute approximate surface area is 157 Å². The van der Waals surface area contributed by atoms with E-state index in [1.807, 2.05) is 54.8 Å². The maximum Gasteiger partial charge on any atom is 0.328 e. The minimum Gasteiger partial charge on any atom is -0.495 e. The van der Waals surface area contributed by atoms with E-state index in [4.69, 9.17) is 21.4 Å². The van der Waals surface area contributed by atoms with Gasteiger partial charge in [0.2, 0.25) is 0 Å². The van der Waals surface area contributed by atoms with Crippen LogP contribution in [-0.2, 0) is 11.3 Å². The largest absolute Gasteiger partial charge is 0.495 e. The van der Waals surface area contributed by atoms with E-state index < -0.39 is 5.97 Å². The Morgan fingerprint density at radius 2 is 2.08 bits per heavy atom. The molecule has 2 aromatic heterocycles. The van der Waals surface area contributed by atoms with E-state index in [2.05, 4.69) is 4.98 Å². The van der Waals surface area contributed by atoms with E-state index in [1.54, 1.807) is 19.4 Å². The summed E-state index contributed by atoms with van der Waals surface area (Å²) in [5, 5.41) is 10.4. The lowest BCUT2D eigenvalue weighted by molar-refractivity contribution is -0.131. The first-order valence-corrected chi connectivity index (χ1v) is 8.49. The Kier molecular flexibility index (Phi) is 6.81. The lowest BCUT2D eigenvalue weighted by Crippen LogP contribution is -1.98. The number of aromatic nitrogens is 2.